The molecule has 1 aliphatic rings. The number of ether oxygens (including phenoxy) is 2. The highest BCUT2D eigenvalue weighted by molar-refractivity contribution is 8.00. The largest absolute Gasteiger partial charge is 0.454 e. The van der Waals surface area contributed by atoms with E-state index in [9.17, 15) is 4.79 Å². The van der Waals surface area contributed by atoms with Crippen LogP contribution in [0.3, 0.4) is 0 Å². The first kappa shape index (κ1) is 19.3. The zero-order valence-electron chi connectivity index (χ0n) is 16.2. The maximum Gasteiger partial charge on any atom is 0.233 e. The molecule has 6 nitrogen and oxygen atoms in total. The van der Waals surface area contributed by atoms with Crippen molar-refractivity contribution >= 4 is 17.7 Å². The summed E-state index contributed by atoms with van der Waals surface area (Å²) in [5.74, 6) is 1.37. The number of carbonyl (C=O) groups is 1. The molecule has 7 heteroatoms. The van der Waals surface area contributed by atoms with Gasteiger partial charge in [0.05, 0.1) is 10.9 Å². The maximum absolute atomic E-state index is 12.6. The van der Waals surface area contributed by atoms with E-state index in [4.69, 9.17) is 9.47 Å². The Hall–Kier alpha value is -3.06. The van der Waals surface area contributed by atoms with Gasteiger partial charge < -0.3 is 14.8 Å². The van der Waals surface area contributed by atoms with Gasteiger partial charge in [-0.25, -0.2) is 9.97 Å². The van der Waals surface area contributed by atoms with Crippen molar-refractivity contribution in [2.45, 2.75) is 30.8 Å². The quantitative estimate of drug-likeness (QED) is 0.492. The number of aromatic nitrogens is 2. The van der Waals surface area contributed by atoms with Crippen LogP contribution >= 0.6 is 11.8 Å². The van der Waals surface area contributed by atoms with Crippen LogP contribution in [0, 0.1) is 6.92 Å². The van der Waals surface area contributed by atoms with E-state index in [1.54, 1.807) is 0 Å². The fourth-order valence-electron chi connectivity index (χ4n) is 2.95. The third kappa shape index (κ3) is 4.68. The van der Waals surface area contributed by atoms with Crippen LogP contribution in [-0.2, 0) is 11.3 Å². The Morgan fingerprint density at radius 2 is 1.90 bits per heavy atom. The second-order valence-electron chi connectivity index (χ2n) is 6.71. The minimum Gasteiger partial charge on any atom is -0.454 e. The van der Waals surface area contributed by atoms with Crippen LogP contribution in [0.5, 0.6) is 11.5 Å². The molecule has 1 N–H and O–H groups in total. The SMILES string of the molecule is Cc1cc(-c2ccccc2)nc(SC(C)C(=O)NCc2ccc3c(c2)OCO3)n1. The van der Waals surface area contributed by atoms with Crippen LogP contribution in [-0.4, -0.2) is 27.9 Å². The summed E-state index contributed by atoms with van der Waals surface area (Å²) >= 11 is 1.35. The number of amides is 1. The second-order valence-corrected chi connectivity index (χ2v) is 8.02. The summed E-state index contributed by atoms with van der Waals surface area (Å²) in [6.07, 6.45) is 0. The topological polar surface area (TPSA) is 73.3 Å². The molecule has 148 valence electrons. The molecule has 1 aliphatic heterocycles. The molecule has 0 fully saturated rings. The smallest absolute Gasteiger partial charge is 0.233 e. The monoisotopic (exact) mass is 407 g/mol. The zero-order chi connectivity index (χ0) is 20.2. The van der Waals surface area contributed by atoms with E-state index >= 15 is 0 Å². The summed E-state index contributed by atoms with van der Waals surface area (Å²) in [4.78, 5) is 21.7. The van der Waals surface area contributed by atoms with E-state index in [0.29, 0.717) is 17.5 Å². The van der Waals surface area contributed by atoms with Gasteiger partial charge in [0, 0.05) is 17.8 Å². The van der Waals surface area contributed by atoms with Gasteiger partial charge in [-0.3, -0.25) is 4.79 Å². The van der Waals surface area contributed by atoms with E-state index in [-0.39, 0.29) is 18.0 Å². The highest BCUT2D eigenvalue weighted by atomic mass is 32.2. The lowest BCUT2D eigenvalue weighted by atomic mass is 10.1. The standard InChI is InChI=1S/C22H21N3O3S/c1-14-10-18(17-6-4-3-5-7-17)25-22(24-14)29-15(2)21(26)23-12-16-8-9-19-20(11-16)28-13-27-19/h3-11,15H,12-13H2,1-2H3,(H,23,26). The van der Waals surface area contributed by atoms with Crippen molar-refractivity contribution < 1.29 is 14.3 Å². The molecule has 2 aromatic carbocycles. The fraction of sp³-hybridized carbons (Fsp3) is 0.227. The Kier molecular flexibility index (Phi) is 5.67. The normalized spacial score (nSPS) is 13.2. The molecule has 4 rings (SSSR count). The number of nitrogens with one attached hydrogen (secondary N) is 1. The number of aryl methyl sites for hydroxylation is 1. The van der Waals surface area contributed by atoms with Crippen molar-refractivity contribution in [2.75, 3.05) is 6.79 Å². The van der Waals surface area contributed by atoms with Gasteiger partial charge in [0.15, 0.2) is 16.7 Å². The van der Waals surface area contributed by atoms with Crippen LogP contribution in [0.4, 0.5) is 0 Å². The lowest BCUT2D eigenvalue weighted by Crippen LogP contribution is -2.30. The van der Waals surface area contributed by atoms with E-state index in [2.05, 4.69) is 15.3 Å². The van der Waals surface area contributed by atoms with Gasteiger partial charge in [-0.1, -0.05) is 48.2 Å². The Balaban J connectivity index is 1.39. The molecule has 2 heterocycles. The van der Waals surface area contributed by atoms with Crippen LogP contribution in [0.25, 0.3) is 11.3 Å². The molecule has 3 aromatic rings. The molecule has 0 saturated carbocycles. The number of thioether (sulfide) groups is 1. The number of rotatable bonds is 6. The summed E-state index contributed by atoms with van der Waals surface area (Å²) in [6.45, 7) is 4.45. The van der Waals surface area contributed by atoms with Crippen LogP contribution < -0.4 is 14.8 Å². The Morgan fingerprint density at radius 1 is 1.10 bits per heavy atom. The minimum absolute atomic E-state index is 0.0703. The Morgan fingerprint density at radius 3 is 2.72 bits per heavy atom. The van der Waals surface area contributed by atoms with Crippen LogP contribution in [0.15, 0.2) is 59.8 Å². The molecular formula is C22H21N3O3S. The summed E-state index contributed by atoms with van der Waals surface area (Å²) in [5.41, 5.74) is 3.71. The third-order valence-corrected chi connectivity index (χ3v) is 5.42. The summed E-state index contributed by atoms with van der Waals surface area (Å²) in [6, 6.07) is 17.6. The molecule has 1 amide bonds. The first-order chi connectivity index (χ1) is 14.1. The van der Waals surface area contributed by atoms with E-state index in [0.717, 1.165) is 28.3 Å². The zero-order valence-corrected chi connectivity index (χ0v) is 17.0. The molecule has 1 aromatic heterocycles. The number of fused-ring (bicyclic) bond motifs is 1. The molecule has 29 heavy (non-hydrogen) atoms. The first-order valence-corrected chi connectivity index (χ1v) is 10.2. The number of hydrogen-bond donors (Lipinski definition) is 1. The highest BCUT2D eigenvalue weighted by Crippen LogP contribution is 2.32. The number of nitrogens with zero attached hydrogens (tertiary/aromatic N) is 2. The minimum atomic E-state index is -0.325. The number of hydrogen-bond acceptors (Lipinski definition) is 6. The average Bonchev–Trinajstić information content (AvgIpc) is 3.20. The number of carbonyl (C=O) groups excluding carboxylic acids is 1. The fourth-order valence-corrected chi connectivity index (χ4v) is 3.80. The molecule has 0 spiro atoms. The van der Waals surface area contributed by atoms with Gasteiger partial charge in [0.2, 0.25) is 12.7 Å². The summed E-state index contributed by atoms with van der Waals surface area (Å²) in [7, 11) is 0. The first-order valence-electron chi connectivity index (χ1n) is 9.32. The van der Waals surface area contributed by atoms with Gasteiger partial charge in [0.25, 0.3) is 0 Å². The molecule has 0 aliphatic carbocycles. The van der Waals surface area contributed by atoms with Gasteiger partial charge in [-0.15, -0.1) is 0 Å². The lowest BCUT2D eigenvalue weighted by molar-refractivity contribution is -0.120. The average molecular weight is 407 g/mol. The predicted octanol–water partition coefficient (Wildman–Crippen LogP) is 3.98. The van der Waals surface area contributed by atoms with Crippen molar-refractivity contribution in [1.82, 2.24) is 15.3 Å². The van der Waals surface area contributed by atoms with Gasteiger partial charge >= 0.3 is 0 Å². The van der Waals surface area contributed by atoms with Gasteiger partial charge in [-0.05, 0) is 37.6 Å². The number of benzene rings is 2. The predicted molar refractivity (Wildman–Crippen MR) is 112 cm³/mol. The maximum atomic E-state index is 12.6. The molecular weight excluding hydrogens is 386 g/mol. The van der Waals surface area contributed by atoms with Crippen molar-refractivity contribution in [1.29, 1.82) is 0 Å². The van der Waals surface area contributed by atoms with Crippen molar-refractivity contribution in [3.63, 3.8) is 0 Å². The molecule has 1 unspecified atom stereocenters. The van der Waals surface area contributed by atoms with Crippen LogP contribution in [0.1, 0.15) is 18.2 Å². The lowest BCUT2D eigenvalue weighted by Gasteiger charge is -2.12. The Bertz CT molecular complexity index is 1030. The summed E-state index contributed by atoms with van der Waals surface area (Å²) in [5, 5.41) is 3.23. The van der Waals surface area contributed by atoms with E-state index < -0.39 is 0 Å². The molecule has 1 atom stereocenters. The molecule has 0 saturated heterocycles. The van der Waals surface area contributed by atoms with Crippen molar-refractivity contribution in [3.8, 4) is 22.8 Å². The molecule has 0 radical (unpaired) electrons. The van der Waals surface area contributed by atoms with Gasteiger partial charge in [-0.2, -0.15) is 0 Å². The van der Waals surface area contributed by atoms with Crippen molar-refractivity contribution in [3.05, 3.63) is 65.9 Å². The van der Waals surface area contributed by atoms with Crippen molar-refractivity contribution in [2.24, 2.45) is 0 Å². The molecule has 0 bridgehead atoms. The highest BCUT2D eigenvalue weighted by Gasteiger charge is 2.18. The van der Waals surface area contributed by atoms with E-state index in [1.165, 1.54) is 11.8 Å². The Labute approximate surface area is 173 Å². The van der Waals surface area contributed by atoms with E-state index in [1.807, 2.05) is 68.4 Å². The summed E-state index contributed by atoms with van der Waals surface area (Å²) < 4.78 is 10.7. The second kappa shape index (κ2) is 8.53. The van der Waals surface area contributed by atoms with Crippen LogP contribution in [0.2, 0.25) is 0 Å². The third-order valence-electron chi connectivity index (χ3n) is 4.46. The van der Waals surface area contributed by atoms with Gasteiger partial charge in [0.1, 0.15) is 0 Å².